The molecule has 1 aliphatic carbocycles. The summed E-state index contributed by atoms with van der Waals surface area (Å²) in [4.78, 5) is 0. The van der Waals surface area contributed by atoms with E-state index in [1.807, 2.05) is 0 Å². The fourth-order valence-electron chi connectivity index (χ4n) is 2.07. The first-order valence-electron chi connectivity index (χ1n) is 5.03. The molecule has 14 heavy (non-hydrogen) atoms. The fraction of sp³-hybridized carbons (Fsp3) is 0.231. The second-order valence-corrected chi connectivity index (χ2v) is 3.88. The largest absolute Gasteiger partial charge is 0.460 e. The molecule has 1 aromatic heterocycles. The molecule has 1 aromatic carbocycles. The molecule has 1 nitrogen and oxygen atoms in total. The summed E-state index contributed by atoms with van der Waals surface area (Å²) in [6, 6.07) is 6.37. The molecule has 2 aromatic rings. The topological polar surface area (TPSA) is 13.1 Å². The SMILES string of the molecule is Cc1ccc2oc3c(c2c1)C=CCC3. The number of hydrogen-bond acceptors (Lipinski definition) is 1. The summed E-state index contributed by atoms with van der Waals surface area (Å²) >= 11 is 0. The molecule has 0 saturated carbocycles. The van der Waals surface area contributed by atoms with Crippen LogP contribution in [0.1, 0.15) is 23.3 Å². The monoisotopic (exact) mass is 184 g/mol. The lowest BCUT2D eigenvalue weighted by Crippen LogP contribution is -1.88. The molecule has 0 radical (unpaired) electrons. The van der Waals surface area contributed by atoms with Gasteiger partial charge >= 0.3 is 0 Å². The number of allylic oxidation sites excluding steroid dienone is 1. The summed E-state index contributed by atoms with van der Waals surface area (Å²) in [5.41, 5.74) is 3.60. The van der Waals surface area contributed by atoms with Crippen LogP contribution >= 0.6 is 0 Å². The Morgan fingerprint density at radius 1 is 1.29 bits per heavy atom. The lowest BCUT2D eigenvalue weighted by molar-refractivity contribution is 0.546. The van der Waals surface area contributed by atoms with Gasteiger partial charge in [0.1, 0.15) is 11.3 Å². The van der Waals surface area contributed by atoms with Crippen LogP contribution in [0.3, 0.4) is 0 Å². The third-order valence-electron chi connectivity index (χ3n) is 2.78. The summed E-state index contributed by atoms with van der Waals surface area (Å²) < 4.78 is 5.79. The van der Waals surface area contributed by atoms with E-state index in [2.05, 4.69) is 37.3 Å². The van der Waals surface area contributed by atoms with Gasteiger partial charge in [-0.25, -0.2) is 0 Å². The van der Waals surface area contributed by atoms with Crippen LogP contribution in [0.5, 0.6) is 0 Å². The van der Waals surface area contributed by atoms with Crippen LogP contribution in [0.15, 0.2) is 28.7 Å². The predicted molar refractivity (Wildman–Crippen MR) is 58.3 cm³/mol. The van der Waals surface area contributed by atoms with Crippen molar-refractivity contribution in [2.45, 2.75) is 19.8 Å². The van der Waals surface area contributed by atoms with Gasteiger partial charge in [0, 0.05) is 17.4 Å². The van der Waals surface area contributed by atoms with Crippen molar-refractivity contribution in [1.29, 1.82) is 0 Å². The van der Waals surface area contributed by atoms with E-state index in [9.17, 15) is 0 Å². The van der Waals surface area contributed by atoms with Crippen LogP contribution in [-0.4, -0.2) is 0 Å². The second-order valence-electron chi connectivity index (χ2n) is 3.88. The van der Waals surface area contributed by atoms with Gasteiger partial charge in [-0.1, -0.05) is 23.8 Å². The Hall–Kier alpha value is -1.50. The lowest BCUT2D eigenvalue weighted by Gasteiger charge is -2.01. The molecule has 1 heterocycles. The van der Waals surface area contributed by atoms with E-state index in [-0.39, 0.29) is 0 Å². The molecule has 1 heteroatoms. The van der Waals surface area contributed by atoms with Crippen LogP contribution in [-0.2, 0) is 6.42 Å². The van der Waals surface area contributed by atoms with E-state index in [0.29, 0.717) is 0 Å². The molecule has 0 aliphatic heterocycles. The van der Waals surface area contributed by atoms with Gasteiger partial charge in [-0.05, 0) is 25.5 Å². The molecule has 0 saturated heterocycles. The molecule has 0 atom stereocenters. The molecule has 0 fully saturated rings. The van der Waals surface area contributed by atoms with Gasteiger partial charge in [0.2, 0.25) is 0 Å². The van der Waals surface area contributed by atoms with Crippen molar-refractivity contribution in [3.63, 3.8) is 0 Å². The average Bonchev–Trinajstić information content (AvgIpc) is 2.56. The van der Waals surface area contributed by atoms with E-state index in [0.717, 1.165) is 24.2 Å². The number of hydrogen-bond donors (Lipinski definition) is 0. The Labute approximate surface area is 83.0 Å². The van der Waals surface area contributed by atoms with Crippen LogP contribution < -0.4 is 0 Å². The number of benzene rings is 1. The normalized spacial score (nSPS) is 14.6. The van der Waals surface area contributed by atoms with Crippen LogP contribution in [0, 0.1) is 6.92 Å². The van der Waals surface area contributed by atoms with Crippen molar-refractivity contribution in [2.75, 3.05) is 0 Å². The van der Waals surface area contributed by atoms with Gasteiger partial charge in [-0.15, -0.1) is 0 Å². The molecule has 0 N–H and O–H groups in total. The first-order chi connectivity index (χ1) is 6.84. The summed E-state index contributed by atoms with van der Waals surface area (Å²) in [5.74, 6) is 1.15. The highest BCUT2D eigenvalue weighted by molar-refractivity contribution is 5.89. The quantitative estimate of drug-likeness (QED) is 0.608. The Balaban J connectivity index is 2.39. The smallest absolute Gasteiger partial charge is 0.134 e. The highest BCUT2D eigenvalue weighted by atomic mass is 16.3. The molecule has 70 valence electrons. The molecule has 0 amide bonds. The molecule has 0 unspecified atom stereocenters. The predicted octanol–water partition coefficient (Wildman–Crippen LogP) is 3.70. The minimum absolute atomic E-state index is 1.02. The van der Waals surface area contributed by atoms with Crippen LogP contribution in [0.2, 0.25) is 0 Å². The molecular weight excluding hydrogens is 172 g/mol. The molecule has 0 bridgehead atoms. The minimum Gasteiger partial charge on any atom is -0.460 e. The fourth-order valence-corrected chi connectivity index (χ4v) is 2.07. The third-order valence-corrected chi connectivity index (χ3v) is 2.78. The van der Waals surface area contributed by atoms with Gasteiger partial charge < -0.3 is 4.42 Å². The highest BCUT2D eigenvalue weighted by Crippen LogP contribution is 2.31. The zero-order valence-electron chi connectivity index (χ0n) is 8.21. The average molecular weight is 184 g/mol. The second kappa shape index (κ2) is 2.74. The Morgan fingerprint density at radius 2 is 2.21 bits per heavy atom. The van der Waals surface area contributed by atoms with Gasteiger partial charge in [0.15, 0.2) is 0 Å². The van der Waals surface area contributed by atoms with Crippen molar-refractivity contribution in [1.82, 2.24) is 0 Å². The van der Waals surface area contributed by atoms with Gasteiger partial charge in [0.05, 0.1) is 0 Å². The van der Waals surface area contributed by atoms with E-state index >= 15 is 0 Å². The van der Waals surface area contributed by atoms with Crippen molar-refractivity contribution in [3.05, 3.63) is 41.2 Å². The van der Waals surface area contributed by atoms with E-state index in [1.165, 1.54) is 16.5 Å². The molecule has 0 spiro atoms. The Bertz CT molecular complexity index is 517. The van der Waals surface area contributed by atoms with E-state index < -0.39 is 0 Å². The van der Waals surface area contributed by atoms with Crippen molar-refractivity contribution >= 4 is 17.0 Å². The van der Waals surface area contributed by atoms with Gasteiger partial charge in [-0.2, -0.15) is 0 Å². The number of fused-ring (bicyclic) bond motifs is 3. The molecule has 3 rings (SSSR count). The summed E-state index contributed by atoms with van der Waals surface area (Å²) in [7, 11) is 0. The minimum atomic E-state index is 1.02. The lowest BCUT2D eigenvalue weighted by atomic mass is 10.0. The van der Waals surface area contributed by atoms with Crippen molar-refractivity contribution < 1.29 is 4.42 Å². The van der Waals surface area contributed by atoms with Crippen LogP contribution in [0.25, 0.3) is 17.0 Å². The standard InChI is InChI=1S/C13H12O/c1-9-6-7-13-11(8-9)10-4-2-3-5-12(10)14-13/h2,4,6-8H,3,5H2,1H3. The first-order valence-corrected chi connectivity index (χ1v) is 5.03. The summed E-state index contributed by atoms with van der Waals surface area (Å²) in [6.07, 6.45) is 6.55. The number of furan rings is 1. The third kappa shape index (κ3) is 1.02. The molecular formula is C13H12O. The molecule has 1 aliphatic rings. The Kier molecular flexibility index (Phi) is 1.54. The first kappa shape index (κ1) is 7.86. The zero-order chi connectivity index (χ0) is 9.54. The van der Waals surface area contributed by atoms with Crippen LogP contribution in [0.4, 0.5) is 0 Å². The highest BCUT2D eigenvalue weighted by Gasteiger charge is 2.13. The summed E-state index contributed by atoms with van der Waals surface area (Å²) in [5, 5.41) is 1.26. The zero-order valence-corrected chi connectivity index (χ0v) is 8.21. The Morgan fingerprint density at radius 3 is 3.14 bits per heavy atom. The maximum atomic E-state index is 5.79. The van der Waals surface area contributed by atoms with Gasteiger partial charge in [0.25, 0.3) is 0 Å². The van der Waals surface area contributed by atoms with Crippen molar-refractivity contribution in [2.24, 2.45) is 0 Å². The summed E-state index contributed by atoms with van der Waals surface area (Å²) in [6.45, 7) is 2.12. The van der Waals surface area contributed by atoms with E-state index in [4.69, 9.17) is 4.42 Å². The maximum Gasteiger partial charge on any atom is 0.134 e. The number of rotatable bonds is 0. The van der Waals surface area contributed by atoms with E-state index in [1.54, 1.807) is 0 Å². The van der Waals surface area contributed by atoms with Crippen molar-refractivity contribution in [3.8, 4) is 0 Å². The number of aryl methyl sites for hydroxylation is 2. The van der Waals surface area contributed by atoms with Gasteiger partial charge in [-0.3, -0.25) is 0 Å². The maximum absolute atomic E-state index is 5.79.